The summed E-state index contributed by atoms with van der Waals surface area (Å²) >= 11 is 0. The monoisotopic (exact) mass is 400 g/mol. The first-order chi connectivity index (χ1) is 13.1. The summed E-state index contributed by atoms with van der Waals surface area (Å²) in [5.74, 6) is 2.38. The number of benzene rings is 3. The van der Waals surface area contributed by atoms with Crippen LogP contribution >= 0.6 is 12.4 Å². The molecule has 0 spiro atoms. The van der Waals surface area contributed by atoms with E-state index in [0.29, 0.717) is 16.9 Å². The maximum absolute atomic E-state index is 10.7. The number of hydrogen-bond acceptors (Lipinski definition) is 5. The third-order valence-corrected chi connectivity index (χ3v) is 5.13. The van der Waals surface area contributed by atoms with Crippen LogP contribution in [0.2, 0.25) is 0 Å². The summed E-state index contributed by atoms with van der Waals surface area (Å²) < 4.78 is 23.8. The quantitative estimate of drug-likeness (QED) is 0.409. The zero-order chi connectivity index (χ0) is 18.7. The second kappa shape index (κ2) is 6.49. The number of methoxy groups -OCH3 is 2. The van der Waals surface area contributed by atoms with Gasteiger partial charge in [0.05, 0.1) is 30.4 Å². The van der Waals surface area contributed by atoms with Crippen LogP contribution in [0.3, 0.4) is 0 Å². The zero-order valence-electron chi connectivity index (χ0n) is 15.6. The average molecular weight is 401 g/mol. The molecule has 6 nitrogen and oxygen atoms in total. The van der Waals surface area contributed by atoms with Gasteiger partial charge in [0, 0.05) is 5.39 Å². The molecule has 28 heavy (non-hydrogen) atoms. The van der Waals surface area contributed by atoms with E-state index in [-0.39, 0.29) is 24.9 Å². The number of nitrogens with zero attached hydrogens (tertiary/aromatic N) is 1. The Bertz CT molecular complexity index is 1250. The first-order valence-corrected chi connectivity index (χ1v) is 8.54. The molecule has 1 aliphatic rings. The van der Waals surface area contributed by atoms with E-state index < -0.39 is 0 Å². The summed E-state index contributed by atoms with van der Waals surface area (Å²) in [6.07, 6.45) is 1.90. The number of phenols is 1. The SMILES string of the molecule is COc1cc2c(c[n+](C)c3c4cc5c(cc4ccc23)OCO5)c(O)c1OC.Cl. The molecular weight excluding hydrogens is 382 g/mol. The van der Waals surface area contributed by atoms with E-state index in [2.05, 4.69) is 0 Å². The Morgan fingerprint density at radius 3 is 2.39 bits per heavy atom. The van der Waals surface area contributed by atoms with Gasteiger partial charge >= 0.3 is 0 Å². The number of hydrogen-bond donors (Lipinski definition) is 1. The second-order valence-corrected chi connectivity index (χ2v) is 6.55. The van der Waals surface area contributed by atoms with Crippen LogP contribution in [0.15, 0.2) is 36.5 Å². The molecule has 0 aliphatic carbocycles. The lowest BCUT2D eigenvalue weighted by Gasteiger charge is -2.13. The van der Waals surface area contributed by atoms with Gasteiger partial charge in [0.15, 0.2) is 29.2 Å². The fourth-order valence-corrected chi connectivity index (χ4v) is 3.90. The van der Waals surface area contributed by atoms with Gasteiger partial charge in [-0.25, -0.2) is 0 Å². The first-order valence-electron chi connectivity index (χ1n) is 8.54. The van der Waals surface area contributed by atoms with Crippen LogP contribution in [0.25, 0.3) is 32.4 Å². The van der Waals surface area contributed by atoms with E-state index in [1.54, 1.807) is 7.11 Å². The largest absolute Gasteiger partial charge is 0.504 e. The highest BCUT2D eigenvalue weighted by atomic mass is 35.5. The smallest absolute Gasteiger partial charge is 0.231 e. The molecule has 1 N–H and O–H groups in total. The van der Waals surface area contributed by atoms with E-state index in [4.69, 9.17) is 18.9 Å². The Labute approximate surface area is 167 Å². The third-order valence-electron chi connectivity index (χ3n) is 5.13. The average Bonchev–Trinajstić information content (AvgIpc) is 3.13. The molecule has 1 aromatic heterocycles. The number of aromatic hydroxyl groups is 1. The molecule has 0 amide bonds. The molecule has 0 atom stereocenters. The van der Waals surface area contributed by atoms with E-state index in [1.807, 2.05) is 48.1 Å². The fourth-order valence-electron chi connectivity index (χ4n) is 3.90. The second-order valence-electron chi connectivity index (χ2n) is 6.55. The molecular formula is C21H19ClNO5+. The molecule has 7 heteroatoms. The van der Waals surface area contributed by atoms with Crippen LogP contribution in [-0.4, -0.2) is 26.1 Å². The standard InChI is InChI=1S/C21H17NO5.ClH/c1-22-9-15-14(8-18(24-2)21(25-3)20(15)23)12-5-4-11-6-16-17(27-10-26-16)7-13(11)19(12)22;/h4-9H,10H2,1-3H3;1H/p+1. The van der Waals surface area contributed by atoms with Crippen molar-refractivity contribution in [2.75, 3.05) is 21.0 Å². The Morgan fingerprint density at radius 1 is 0.929 bits per heavy atom. The van der Waals surface area contributed by atoms with Crippen LogP contribution in [-0.2, 0) is 7.05 Å². The van der Waals surface area contributed by atoms with Gasteiger partial charge in [0.2, 0.25) is 18.1 Å². The number of rotatable bonds is 2. The lowest BCUT2D eigenvalue weighted by atomic mass is 9.99. The van der Waals surface area contributed by atoms with Gasteiger partial charge in [-0.05, 0) is 29.7 Å². The maximum Gasteiger partial charge on any atom is 0.231 e. The van der Waals surface area contributed by atoms with Gasteiger partial charge in [-0.15, -0.1) is 12.4 Å². The van der Waals surface area contributed by atoms with E-state index in [9.17, 15) is 5.11 Å². The summed E-state index contributed by atoms with van der Waals surface area (Å²) in [7, 11) is 5.03. The molecule has 0 unspecified atom stereocenters. The Hall–Kier alpha value is -3.12. The summed E-state index contributed by atoms with van der Waals surface area (Å²) in [5.41, 5.74) is 1.03. The predicted octanol–water partition coefficient (Wildman–Crippen LogP) is 3.84. The first kappa shape index (κ1) is 18.3. The highest BCUT2D eigenvalue weighted by Gasteiger charge is 2.23. The normalized spacial score (nSPS) is 12.4. The van der Waals surface area contributed by atoms with E-state index >= 15 is 0 Å². The van der Waals surface area contributed by atoms with Crippen molar-refractivity contribution in [2.45, 2.75) is 0 Å². The maximum atomic E-state index is 10.7. The van der Waals surface area contributed by atoms with E-state index in [1.165, 1.54) is 7.11 Å². The number of halogens is 1. The molecule has 0 saturated carbocycles. The van der Waals surface area contributed by atoms with Gasteiger partial charge < -0.3 is 24.1 Å². The van der Waals surface area contributed by atoms with Gasteiger partial charge in [-0.1, -0.05) is 6.07 Å². The number of phenolic OH excluding ortho intramolecular Hbond substituents is 1. The van der Waals surface area contributed by atoms with Gasteiger partial charge in [0.25, 0.3) is 0 Å². The highest BCUT2D eigenvalue weighted by Crippen LogP contribution is 2.45. The zero-order valence-corrected chi connectivity index (χ0v) is 16.4. The summed E-state index contributed by atoms with van der Waals surface area (Å²) in [6.45, 7) is 0.240. The van der Waals surface area contributed by atoms with Crippen LogP contribution in [0, 0.1) is 0 Å². The van der Waals surface area contributed by atoms with Crippen molar-refractivity contribution < 1.29 is 28.6 Å². The predicted molar refractivity (Wildman–Crippen MR) is 108 cm³/mol. The minimum absolute atomic E-state index is 0. The summed E-state index contributed by atoms with van der Waals surface area (Å²) in [5, 5.41) is 15.4. The number of aromatic nitrogens is 1. The molecule has 144 valence electrons. The Morgan fingerprint density at radius 2 is 1.68 bits per heavy atom. The van der Waals surface area contributed by atoms with Gasteiger partial charge in [-0.3, -0.25) is 0 Å². The lowest BCUT2D eigenvalue weighted by Crippen LogP contribution is -2.28. The Balaban J connectivity index is 0.00000192. The number of aryl methyl sites for hydroxylation is 1. The molecule has 5 rings (SSSR count). The summed E-state index contributed by atoms with van der Waals surface area (Å²) in [6, 6.07) is 10.00. The number of pyridine rings is 1. The minimum Gasteiger partial charge on any atom is -0.504 e. The molecule has 3 aromatic carbocycles. The van der Waals surface area contributed by atoms with Crippen molar-refractivity contribution in [3.05, 3.63) is 36.5 Å². The van der Waals surface area contributed by atoms with Crippen molar-refractivity contribution in [3.8, 4) is 28.7 Å². The number of ether oxygens (including phenoxy) is 4. The van der Waals surface area contributed by atoms with E-state index in [0.717, 1.165) is 38.6 Å². The third kappa shape index (κ3) is 2.38. The Kier molecular flexibility index (Phi) is 4.23. The van der Waals surface area contributed by atoms with Crippen molar-refractivity contribution >= 4 is 44.9 Å². The van der Waals surface area contributed by atoms with Gasteiger partial charge in [-0.2, -0.15) is 4.57 Å². The summed E-state index contributed by atoms with van der Waals surface area (Å²) in [4.78, 5) is 0. The topological polar surface area (TPSA) is 61.0 Å². The van der Waals surface area contributed by atoms with Crippen LogP contribution in [0.4, 0.5) is 0 Å². The molecule has 1 aliphatic heterocycles. The molecule has 4 aromatic rings. The van der Waals surface area contributed by atoms with Crippen molar-refractivity contribution in [3.63, 3.8) is 0 Å². The highest BCUT2D eigenvalue weighted by molar-refractivity contribution is 6.15. The number of fused-ring (bicyclic) bond motifs is 6. The minimum atomic E-state index is 0. The van der Waals surface area contributed by atoms with Crippen LogP contribution in [0.5, 0.6) is 28.7 Å². The molecule has 0 fully saturated rings. The lowest BCUT2D eigenvalue weighted by molar-refractivity contribution is -0.642. The molecule has 0 saturated heterocycles. The van der Waals surface area contributed by atoms with Crippen LogP contribution in [0.1, 0.15) is 0 Å². The van der Waals surface area contributed by atoms with Crippen molar-refractivity contribution in [1.29, 1.82) is 0 Å². The van der Waals surface area contributed by atoms with Gasteiger partial charge in [0.1, 0.15) is 7.05 Å². The van der Waals surface area contributed by atoms with Crippen LogP contribution < -0.4 is 23.5 Å². The molecule has 0 bridgehead atoms. The van der Waals surface area contributed by atoms with Crippen molar-refractivity contribution in [2.24, 2.45) is 7.05 Å². The van der Waals surface area contributed by atoms with Crippen molar-refractivity contribution in [1.82, 2.24) is 0 Å². The fraction of sp³-hybridized carbons (Fsp3) is 0.190. The molecule has 0 radical (unpaired) electrons. The molecule has 2 heterocycles.